The summed E-state index contributed by atoms with van der Waals surface area (Å²) in [7, 11) is 0. The number of halogens is 1. The zero-order chi connectivity index (χ0) is 25.5. The smallest absolute Gasteiger partial charge is 0.293 e. The van der Waals surface area contributed by atoms with Crippen molar-refractivity contribution in [2.75, 3.05) is 26.4 Å². The maximum absolute atomic E-state index is 13.0. The highest BCUT2D eigenvalue weighted by atomic mass is 127. The molecule has 0 radical (unpaired) electrons. The van der Waals surface area contributed by atoms with Gasteiger partial charge in [-0.3, -0.25) is 14.5 Å². The number of imide groups is 1. The molecule has 1 heterocycles. The Kier molecular flexibility index (Phi) is 9.91. The van der Waals surface area contributed by atoms with E-state index in [-0.39, 0.29) is 24.3 Å². The molecule has 2 amide bonds. The van der Waals surface area contributed by atoms with E-state index in [9.17, 15) is 9.59 Å². The van der Waals surface area contributed by atoms with Gasteiger partial charge >= 0.3 is 0 Å². The van der Waals surface area contributed by atoms with Gasteiger partial charge in [0, 0.05) is 0 Å². The van der Waals surface area contributed by atoms with Crippen molar-refractivity contribution in [3.8, 4) is 17.2 Å². The normalized spacial score (nSPS) is 14.8. The molecule has 2 aromatic carbocycles. The summed E-state index contributed by atoms with van der Waals surface area (Å²) >= 11 is 3.15. The topological polar surface area (TPSA) is 65.1 Å². The van der Waals surface area contributed by atoms with Gasteiger partial charge in [-0.1, -0.05) is 32.9 Å². The van der Waals surface area contributed by atoms with Crippen LogP contribution in [0.15, 0.2) is 35.2 Å². The maximum atomic E-state index is 13.0. The molecule has 0 saturated carbocycles. The zero-order valence-electron chi connectivity index (χ0n) is 20.9. The number of thioether (sulfide) groups is 1. The molecule has 0 N–H and O–H groups in total. The van der Waals surface area contributed by atoms with Gasteiger partial charge in [0.25, 0.3) is 11.1 Å². The van der Waals surface area contributed by atoms with Gasteiger partial charge in [-0.15, -0.1) is 0 Å². The van der Waals surface area contributed by atoms with Crippen LogP contribution in [0.4, 0.5) is 4.79 Å². The molecule has 0 spiro atoms. The molecule has 35 heavy (non-hydrogen) atoms. The average molecular weight is 610 g/mol. The quantitative estimate of drug-likeness (QED) is 0.202. The predicted octanol–water partition coefficient (Wildman–Crippen LogP) is 7.03. The van der Waals surface area contributed by atoms with E-state index in [2.05, 4.69) is 48.6 Å². The lowest BCUT2D eigenvalue weighted by atomic mass is 10.0. The van der Waals surface area contributed by atoms with Crippen LogP contribution in [0.3, 0.4) is 0 Å². The van der Waals surface area contributed by atoms with Crippen molar-refractivity contribution in [3.05, 3.63) is 55.5 Å². The first kappa shape index (κ1) is 27.4. The van der Waals surface area contributed by atoms with Crippen LogP contribution >= 0.6 is 34.4 Å². The lowest BCUT2D eigenvalue weighted by molar-refractivity contribution is -0.123. The second-order valence-electron chi connectivity index (χ2n) is 8.49. The van der Waals surface area contributed by atoms with Crippen molar-refractivity contribution in [2.24, 2.45) is 0 Å². The number of amides is 2. The molecule has 188 valence electrons. The third-order valence-electron chi connectivity index (χ3n) is 5.32. The molecule has 0 aromatic heterocycles. The second-order valence-corrected chi connectivity index (χ2v) is 10.6. The Morgan fingerprint density at radius 2 is 1.80 bits per heavy atom. The largest absolute Gasteiger partial charge is 0.491 e. The number of nitrogens with zero attached hydrogens (tertiary/aromatic N) is 1. The molecule has 3 rings (SSSR count). The van der Waals surface area contributed by atoms with E-state index in [1.165, 1.54) is 4.90 Å². The highest BCUT2D eigenvalue weighted by Gasteiger charge is 2.35. The van der Waals surface area contributed by atoms with Crippen LogP contribution in [0.25, 0.3) is 6.08 Å². The molecule has 1 fully saturated rings. The van der Waals surface area contributed by atoms with Crippen LogP contribution in [-0.2, 0) is 4.79 Å². The fraction of sp³-hybridized carbons (Fsp3) is 0.407. The number of hydrogen-bond acceptors (Lipinski definition) is 6. The summed E-state index contributed by atoms with van der Waals surface area (Å²) in [6.45, 7) is 11.7. The van der Waals surface area contributed by atoms with Crippen molar-refractivity contribution in [1.82, 2.24) is 4.90 Å². The van der Waals surface area contributed by atoms with Crippen LogP contribution in [0.5, 0.6) is 17.2 Å². The van der Waals surface area contributed by atoms with Crippen LogP contribution in [-0.4, -0.2) is 42.4 Å². The fourth-order valence-corrected chi connectivity index (χ4v) is 5.26. The Morgan fingerprint density at radius 3 is 2.49 bits per heavy atom. The van der Waals surface area contributed by atoms with Gasteiger partial charge in [0.05, 0.1) is 28.2 Å². The first-order chi connectivity index (χ1) is 16.7. The van der Waals surface area contributed by atoms with Crippen molar-refractivity contribution in [2.45, 2.75) is 47.0 Å². The van der Waals surface area contributed by atoms with E-state index in [0.717, 1.165) is 44.2 Å². The zero-order valence-corrected chi connectivity index (χ0v) is 23.8. The third-order valence-corrected chi connectivity index (χ3v) is 7.03. The summed E-state index contributed by atoms with van der Waals surface area (Å²) in [6, 6.07) is 9.89. The number of carbonyl (C=O) groups excluding carboxylic acids is 2. The van der Waals surface area contributed by atoms with Crippen molar-refractivity contribution < 1.29 is 23.8 Å². The number of aryl methyl sites for hydroxylation is 1. The lowest BCUT2D eigenvalue weighted by Gasteiger charge is -2.17. The number of hydrogen-bond donors (Lipinski definition) is 0. The van der Waals surface area contributed by atoms with E-state index >= 15 is 0 Å². The number of carbonyl (C=O) groups is 2. The van der Waals surface area contributed by atoms with Gasteiger partial charge in [0.2, 0.25) is 0 Å². The minimum absolute atomic E-state index is 0.193. The summed E-state index contributed by atoms with van der Waals surface area (Å²) < 4.78 is 18.5. The molecule has 0 unspecified atom stereocenters. The molecule has 0 bridgehead atoms. The van der Waals surface area contributed by atoms with Crippen LogP contribution in [0, 0.1) is 10.5 Å². The Hall–Kier alpha value is -2.20. The highest BCUT2D eigenvalue weighted by Crippen LogP contribution is 2.37. The van der Waals surface area contributed by atoms with E-state index in [1.54, 1.807) is 6.08 Å². The summed E-state index contributed by atoms with van der Waals surface area (Å²) in [5.41, 5.74) is 2.99. The fourth-order valence-electron chi connectivity index (χ4n) is 3.61. The van der Waals surface area contributed by atoms with Gasteiger partial charge in [-0.2, -0.15) is 0 Å². The van der Waals surface area contributed by atoms with Gasteiger partial charge in [0.1, 0.15) is 12.4 Å². The predicted molar refractivity (Wildman–Crippen MR) is 150 cm³/mol. The van der Waals surface area contributed by atoms with Gasteiger partial charge in [-0.25, -0.2) is 0 Å². The van der Waals surface area contributed by atoms with Gasteiger partial charge < -0.3 is 14.2 Å². The molecule has 2 aromatic rings. The molecule has 0 aliphatic carbocycles. The van der Waals surface area contributed by atoms with Crippen LogP contribution in [0.1, 0.15) is 56.7 Å². The van der Waals surface area contributed by atoms with Crippen molar-refractivity contribution in [3.63, 3.8) is 0 Å². The molecular weight excluding hydrogens is 577 g/mol. The lowest BCUT2D eigenvalue weighted by Crippen LogP contribution is -2.32. The molecule has 0 atom stereocenters. The van der Waals surface area contributed by atoms with E-state index in [0.29, 0.717) is 35.5 Å². The first-order valence-electron chi connectivity index (χ1n) is 11.8. The monoisotopic (exact) mass is 609 g/mol. The maximum Gasteiger partial charge on any atom is 0.293 e. The Morgan fingerprint density at radius 1 is 1.03 bits per heavy atom. The number of ether oxygens (including phenoxy) is 3. The van der Waals surface area contributed by atoms with E-state index < -0.39 is 0 Å². The minimum Gasteiger partial charge on any atom is -0.491 e. The molecule has 8 heteroatoms. The highest BCUT2D eigenvalue weighted by molar-refractivity contribution is 14.1. The molecule has 1 aliphatic rings. The first-order valence-corrected chi connectivity index (χ1v) is 13.7. The van der Waals surface area contributed by atoms with E-state index in [4.69, 9.17) is 14.2 Å². The molecular formula is C27H32INO5S. The number of rotatable bonds is 11. The number of benzene rings is 2. The van der Waals surface area contributed by atoms with Crippen LogP contribution in [0.2, 0.25) is 0 Å². The van der Waals surface area contributed by atoms with Crippen molar-refractivity contribution in [1.29, 1.82) is 0 Å². The molecule has 1 saturated heterocycles. The third kappa shape index (κ3) is 6.94. The Balaban J connectivity index is 1.73. The summed E-state index contributed by atoms with van der Waals surface area (Å²) in [5, 5.41) is -0.291. The van der Waals surface area contributed by atoms with Gasteiger partial charge in [-0.05, 0) is 102 Å². The molecule has 1 aliphatic heterocycles. The minimum atomic E-state index is -0.309. The Bertz CT molecular complexity index is 1110. The average Bonchev–Trinajstić information content (AvgIpc) is 3.06. The summed E-state index contributed by atoms with van der Waals surface area (Å²) in [6.07, 6.45) is 2.63. The SMILES string of the molecule is CCCOc1c(I)cc(/C=C2\SC(=O)N(CCOc3cc(C)ccc3C(C)C)C2=O)cc1OCC. The second kappa shape index (κ2) is 12.7. The Labute approximate surface area is 225 Å². The van der Waals surface area contributed by atoms with E-state index in [1.807, 2.05) is 39.0 Å². The summed E-state index contributed by atoms with van der Waals surface area (Å²) in [4.78, 5) is 27.2. The summed E-state index contributed by atoms with van der Waals surface area (Å²) in [5.74, 6) is 2.13. The van der Waals surface area contributed by atoms with Crippen molar-refractivity contribution >= 4 is 51.6 Å². The van der Waals surface area contributed by atoms with Gasteiger partial charge in [0.15, 0.2) is 11.5 Å². The standard InChI is InChI=1S/C27H32INO5S/c1-6-11-34-25-21(28)14-19(15-23(25)32-7-2)16-24-26(30)29(27(31)35-24)10-12-33-22-13-18(5)8-9-20(22)17(3)4/h8-9,13-17H,6-7,10-12H2,1-5H3/b24-16-. The molecule has 6 nitrogen and oxygen atoms in total. The van der Waals surface area contributed by atoms with Crippen LogP contribution < -0.4 is 14.2 Å².